The first-order valence-corrected chi connectivity index (χ1v) is 5.58. The fraction of sp³-hybridized carbons (Fsp3) is 0. The number of aromatic nitrogens is 3. The van der Waals surface area contributed by atoms with E-state index in [1.165, 1.54) is 6.33 Å². The molecule has 0 saturated carbocycles. The number of hydrogen-bond acceptors (Lipinski definition) is 7. The average molecular weight is 244 g/mol. The van der Waals surface area contributed by atoms with Gasteiger partial charge in [-0.05, 0) is 6.07 Å². The molecule has 0 unspecified atom stereocenters. The zero-order valence-corrected chi connectivity index (χ0v) is 9.15. The Balaban J connectivity index is 0.000000202. The summed E-state index contributed by atoms with van der Waals surface area (Å²) in [5, 5.41) is 1.93. The summed E-state index contributed by atoms with van der Waals surface area (Å²) in [4.78, 5) is 11.1. The maximum Gasteiger partial charge on any atom is 0.308 e. The monoisotopic (exact) mass is 244 g/mol. The number of hydrogen-bond donors (Lipinski definition) is 1. The van der Waals surface area contributed by atoms with Crippen LogP contribution in [-0.2, 0) is 10.5 Å². The lowest BCUT2D eigenvalue weighted by molar-refractivity contribution is 0.620. The van der Waals surface area contributed by atoms with Gasteiger partial charge in [0.2, 0.25) is 0 Å². The van der Waals surface area contributed by atoms with Crippen LogP contribution in [-0.4, -0.2) is 23.4 Å². The van der Waals surface area contributed by atoms with Gasteiger partial charge >= 0.3 is 10.5 Å². The maximum atomic E-state index is 8.67. The Kier molecular flexibility index (Phi) is 9.25. The standard InChI is InChI=1S/C4H4N2.C3H3NS.HNO2S/c1-2-5-4-6-3-1;1-2-5-3-4-1;1-4(2)3/h1-4H;1-3H;1H. The Morgan fingerprint density at radius 1 is 1.07 bits per heavy atom. The molecule has 6 nitrogen and oxygen atoms in total. The minimum Gasteiger partial charge on any atom is -0.253 e. The van der Waals surface area contributed by atoms with E-state index in [-0.39, 0.29) is 0 Å². The molecule has 1 N–H and O–H groups in total. The van der Waals surface area contributed by atoms with Crippen LogP contribution < -0.4 is 0 Å². The second kappa shape index (κ2) is 10.4. The highest BCUT2D eigenvalue weighted by atomic mass is 32.2. The zero-order valence-electron chi connectivity index (χ0n) is 7.52. The molecule has 80 valence electrons. The summed E-state index contributed by atoms with van der Waals surface area (Å²) in [5.74, 6) is 0. The van der Waals surface area contributed by atoms with E-state index in [1.807, 2.05) is 5.38 Å². The molecule has 0 saturated heterocycles. The molecule has 0 aliphatic rings. The predicted octanol–water partition coefficient (Wildman–Crippen LogP) is 1.25. The first-order chi connectivity index (χ1) is 7.23. The molecular weight excluding hydrogens is 236 g/mol. The van der Waals surface area contributed by atoms with Crippen molar-refractivity contribution in [1.82, 2.24) is 15.0 Å². The lowest BCUT2D eigenvalue weighted by Gasteiger charge is -1.70. The van der Waals surface area contributed by atoms with Gasteiger partial charge in [0.15, 0.2) is 0 Å². The Morgan fingerprint density at radius 2 is 1.67 bits per heavy atom. The first-order valence-electron chi connectivity index (χ1n) is 3.56. The fourth-order valence-electron chi connectivity index (χ4n) is 0.429. The quantitative estimate of drug-likeness (QED) is 0.752. The third-order valence-electron chi connectivity index (χ3n) is 0.825. The summed E-state index contributed by atoms with van der Waals surface area (Å²) >= 11 is 1.60. The van der Waals surface area contributed by atoms with Crippen LogP contribution in [0.4, 0.5) is 0 Å². The van der Waals surface area contributed by atoms with Crippen LogP contribution in [0.15, 0.2) is 41.9 Å². The summed E-state index contributed by atoms with van der Waals surface area (Å²) in [6.07, 6.45) is 6.64. The molecule has 0 fully saturated rings. The number of nitrogens with zero attached hydrogens (tertiary/aromatic N) is 3. The Morgan fingerprint density at radius 3 is 1.80 bits per heavy atom. The molecule has 0 aliphatic carbocycles. The Bertz CT molecular complexity index is 364. The Labute approximate surface area is 92.2 Å². The third-order valence-corrected chi connectivity index (χ3v) is 1.35. The molecule has 2 aromatic rings. The molecular formula is C7H8N4O2S2. The van der Waals surface area contributed by atoms with E-state index in [1.54, 1.807) is 41.5 Å². The van der Waals surface area contributed by atoms with Crippen LogP contribution in [0.5, 0.6) is 0 Å². The van der Waals surface area contributed by atoms with Crippen molar-refractivity contribution in [2.45, 2.75) is 0 Å². The van der Waals surface area contributed by atoms with Gasteiger partial charge in [0.05, 0.1) is 5.51 Å². The van der Waals surface area contributed by atoms with E-state index in [0.717, 1.165) is 0 Å². The van der Waals surface area contributed by atoms with E-state index >= 15 is 0 Å². The summed E-state index contributed by atoms with van der Waals surface area (Å²) in [6, 6.07) is 1.78. The van der Waals surface area contributed by atoms with Crippen molar-refractivity contribution < 1.29 is 8.42 Å². The average Bonchev–Trinajstić information content (AvgIpc) is 2.77. The number of rotatable bonds is 0. The highest BCUT2D eigenvalue weighted by molar-refractivity contribution is 7.60. The number of nitrogens with one attached hydrogen (secondary N) is 1. The van der Waals surface area contributed by atoms with Gasteiger partial charge in [0.1, 0.15) is 6.33 Å². The topological polar surface area (TPSA) is 96.7 Å². The van der Waals surface area contributed by atoms with Crippen molar-refractivity contribution in [3.8, 4) is 0 Å². The molecule has 0 bridgehead atoms. The third kappa shape index (κ3) is 15.1. The van der Waals surface area contributed by atoms with Crippen LogP contribution in [0, 0.1) is 4.78 Å². The molecule has 15 heavy (non-hydrogen) atoms. The molecule has 2 heterocycles. The van der Waals surface area contributed by atoms with E-state index in [4.69, 9.17) is 13.2 Å². The lowest BCUT2D eigenvalue weighted by atomic mass is 10.7. The molecule has 0 spiro atoms. The van der Waals surface area contributed by atoms with Crippen LogP contribution in [0.25, 0.3) is 0 Å². The highest BCUT2D eigenvalue weighted by Crippen LogP contribution is 1.85. The second-order valence-electron chi connectivity index (χ2n) is 1.81. The molecule has 2 aromatic heterocycles. The molecule has 0 radical (unpaired) electrons. The molecule has 0 atom stereocenters. The first kappa shape index (κ1) is 13.3. The normalized spacial score (nSPS) is 7.47. The molecule has 0 aromatic carbocycles. The van der Waals surface area contributed by atoms with Gasteiger partial charge in [0.25, 0.3) is 0 Å². The highest BCUT2D eigenvalue weighted by Gasteiger charge is 1.59. The van der Waals surface area contributed by atoms with Gasteiger partial charge in [-0.1, -0.05) is 0 Å². The van der Waals surface area contributed by atoms with Crippen LogP contribution in [0.2, 0.25) is 0 Å². The van der Waals surface area contributed by atoms with Gasteiger partial charge in [-0.3, -0.25) is 4.98 Å². The predicted molar refractivity (Wildman–Crippen MR) is 55.8 cm³/mol. The van der Waals surface area contributed by atoms with E-state index < -0.39 is 10.5 Å². The van der Waals surface area contributed by atoms with E-state index in [9.17, 15) is 0 Å². The molecule has 2 rings (SSSR count). The number of thiazole rings is 1. The van der Waals surface area contributed by atoms with Crippen LogP contribution in [0.3, 0.4) is 0 Å². The molecule has 8 heteroatoms. The van der Waals surface area contributed by atoms with Gasteiger partial charge in [-0.25, -0.2) is 9.97 Å². The molecule has 0 amide bonds. The minimum atomic E-state index is -2.61. The van der Waals surface area contributed by atoms with Crippen molar-refractivity contribution in [2.75, 3.05) is 0 Å². The van der Waals surface area contributed by atoms with Crippen molar-refractivity contribution in [3.05, 3.63) is 41.9 Å². The minimum absolute atomic E-state index is 1.50. The fourth-order valence-corrected chi connectivity index (χ4v) is 0.780. The van der Waals surface area contributed by atoms with Crippen LogP contribution in [0.1, 0.15) is 0 Å². The summed E-state index contributed by atoms with van der Waals surface area (Å²) in [5.41, 5.74) is 1.79. The van der Waals surface area contributed by atoms with Crippen molar-refractivity contribution in [2.24, 2.45) is 0 Å². The summed E-state index contributed by atoms with van der Waals surface area (Å²) < 4.78 is 22.8. The van der Waals surface area contributed by atoms with Gasteiger partial charge < -0.3 is 0 Å². The van der Waals surface area contributed by atoms with Crippen molar-refractivity contribution in [1.29, 1.82) is 4.78 Å². The Hall–Kier alpha value is -1.67. The van der Waals surface area contributed by atoms with Gasteiger partial charge in [-0.2, -0.15) is 13.2 Å². The maximum absolute atomic E-state index is 8.67. The second-order valence-corrected chi connectivity index (χ2v) is 3.04. The van der Waals surface area contributed by atoms with Crippen LogP contribution >= 0.6 is 11.3 Å². The van der Waals surface area contributed by atoms with Crippen molar-refractivity contribution in [3.63, 3.8) is 0 Å². The van der Waals surface area contributed by atoms with E-state index in [2.05, 4.69) is 15.0 Å². The van der Waals surface area contributed by atoms with Crippen molar-refractivity contribution >= 4 is 21.8 Å². The van der Waals surface area contributed by atoms with Gasteiger partial charge in [-0.15, -0.1) is 11.3 Å². The SMILES string of the molecule is N=S(=O)=O.c1cncnc1.c1cscn1. The summed E-state index contributed by atoms with van der Waals surface area (Å²) in [7, 11) is -2.61. The van der Waals surface area contributed by atoms with Gasteiger partial charge in [0, 0.05) is 24.0 Å². The largest absolute Gasteiger partial charge is 0.308 e. The smallest absolute Gasteiger partial charge is 0.253 e. The molecule has 0 aliphatic heterocycles. The van der Waals surface area contributed by atoms with E-state index in [0.29, 0.717) is 0 Å². The summed E-state index contributed by atoms with van der Waals surface area (Å²) in [6.45, 7) is 0. The lowest BCUT2D eigenvalue weighted by Crippen LogP contribution is -1.66. The zero-order chi connectivity index (χ0) is 11.4.